The van der Waals surface area contributed by atoms with E-state index in [1.54, 1.807) is 0 Å². The van der Waals surface area contributed by atoms with Crippen LogP contribution in [0.3, 0.4) is 0 Å². The first-order valence-corrected chi connectivity index (χ1v) is 9.35. The number of hydrogen-bond acceptors (Lipinski definition) is 3. The van der Waals surface area contributed by atoms with Crippen molar-refractivity contribution in [1.29, 1.82) is 0 Å². The Hall–Kier alpha value is -0.840. The van der Waals surface area contributed by atoms with Crippen LogP contribution in [-0.4, -0.2) is 36.8 Å². The molecule has 5 nitrogen and oxygen atoms in total. The first-order valence-electron chi connectivity index (χ1n) is 9.35. The van der Waals surface area contributed by atoms with Gasteiger partial charge in [0.1, 0.15) is 0 Å². The molecular weight excluding hydrogens is 292 g/mol. The highest BCUT2D eigenvalue weighted by Gasteiger charge is 2.24. The van der Waals surface area contributed by atoms with Crippen molar-refractivity contribution in [2.24, 2.45) is 11.8 Å². The molecule has 0 spiro atoms. The van der Waals surface area contributed by atoms with E-state index in [2.05, 4.69) is 41.8 Å². The smallest absolute Gasteiger partial charge is 0.0811 e. The predicted molar refractivity (Wildman–Crippen MR) is 98.8 cm³/mol. The Labute approximate surface area is 143 Å². The maximum absolute atomic E-state index is 8.25. The van der Waals surface area contributed by atoms with Gasteiger partial charge in [0.2, 0.25) is 0 Å². The summed E-state index contributed by atoms with van der Waals surface area (Å²) < 4.78 is 1.23. The second-order valence-electron chi connectivity index (χ2n) is 7.36. The van der Waals surface area contributed by atoms with Crippen molar-refractivity contribution in [2.45, 2.75) is 79.1 Å². The highest BCUT2D eigenvalue weighted by Crippen LogP contribution is 2.21. The van der Waals surface area contributed by atoms with Crippen LogP contribution in [-0.2, 0) is 0 Å². The van der Waals surface area contributed by atoms with Crippen LogP contribution in [0.5, 0.6) is 0 Å². The molecule has 2 atom stereocenters. The lowest BCUT2D eigenvalue weighted by molar-refractivity contribution is -0.897. The van der Waals surface area contributed by atoms with Crippen LogP contribution in [0, 0.1) is 27.2 Å². The van der Waals surface area contributed by atoms with Crippen molar-refractivity contribution in [1.82, 2.24) is 0 Å². The largest absolute Gasteiger partial charge is 0.356 e. The molecule has 0 radical (unpaired) electrons. The van der Waals surface area contributed by atoms with E-state index in [0.29, 0.717) is 0 Å². The molecule has 0 bridgehead atoms. The van der Waals surface area contributed by atoms with Gasteiger partial charge in [-0.05, 0) is 25.7 Å². The number of rotatable bonds is 12. The molecule has 23 heavy (non-hydrogen) atoms. The molecule has 0 N–H and O–H groups in total. The van der Waals surface area contributed by atoms with Crippen molar-refractivity contribution < 1.29 is 9.57 Å². The minimum Gasteiger partial charge on any atom is -0.356 e. The molecule has 0 aliphatic carbocycles. The van der Waals surface area contributed by atoms with Gasteiger partial charge in [0.05, 0.1) is 32.3 Å². The second kappa shape index (κ2) is 14.7. The summed E-state index contributed by atoms with van der Waals surface area (Å²) in [7, 11) is 4.90. The van der Waals surface area contributed by atoms with Gasteiger partial charge in [0.15, 0.2) is 0 Å². The summed E-state index contributed by atoms with van der Waals surface area (Å²) in [6.45, 7) is 12.1. The summed E-state index contributed by atoms with van der Waals surface area (Å²) in [5.74, 6) is 1.86. The third kappa shape index (κ3) is 17.3. The quantitative estimate of drug-likeness (QED) is 0.278. The Kier molecular flexibility index (Phi) is 15.6. The van der Waals surface area contributed by atoms with Gasteiger partial charge in [-0.3, -0.25) is 0 Å². The molecule has 0 heterocycles. The SMILES string of the molecule is CCCCC(CC)C[N+](C)(C)CC(CC)CCCC.O=[N+]([O-])[O-]. The summed E-state index contributed by atoms with van der Waals surface area (Å²) >= 11 is 0. The predicted octanol–water partition coefficient (Wildman–Crippen LogP) is 5.26. The van der Waals surface area contributed by atoms with Crippen LogP contribution < -0.4 is 0 Å². The molecule has 0 saturated heterocycles. The van der Waals surface area contributed by atoms with E-state index in [-0.39, 0.29) is 0 Å². The first kappa shape index (κ1) is 24.4. The van der Waals surface area contributed by atoms with Crippen LogP contribution in [0.4, 0.5) is 0 Å². The average molecular weight is 333 g/mol. The number of quaternary nitrogens is 1. The van der Waals surface area contributed by atoms with Gasteiger partial charge < -0.3 is 19.8 Å². The van der Waals surface area contributed by atoms with Gasteiger partial charge in [-0.25, -0.2) is 0 Å². The molecule has 140 valence electrons. The van der Waals surface area contributed by atoms with Crippen LogP contribution in [0.15, 0.2) is 0 Å². The Bertz CT molecular complexity index is 259. The van der Waals surface area contributed by atoms with E-state index in [1.165, 1.54) is 68.9 Å². The Morgan fingerprint density at radius 1 is 0.826 bits per heavy atom. The second-order valence-corrected chi connectivity index (χ2v) is 7.36. The number of nitrogens with zero attached hydrogens (tertiary/aromatic N) is 2. The Balaban J connectivity index is 0. The van der Waals surface area contributed by atoms with Crippen LogP contribution in [0.1, 0.15) is 79.1 Å². The molecule has 0 aromatic carbocycles. The fourth-order valence-corrected chi connectivity index (χ4v) is 3.31. The molecule has 0 fully saturated rings. The molecule has 2 unspecified atom stereocenters. The van der Waals surface area contributed by atoms with E-state index < -0.39 is 5.09 Å². The summed E-state index contributed by atoms with van der Waals surface area (Å²) in [4.78, 5) is 8.25. The zero-order chi connectivity index (χ0) is 18.3. The molecule has 0 aromatic heterocycles. The highest BCUT2D eigenvalue weighted by molar-refractivity contribution is 4.60. The van der Waals surface area contributed by atoms with E-state index in [4.69, 9.17) is 15.3 Å². The van der Waals surface area contributed by atoms with Crippen molar-refractivity contribution in [3.8, 4) is 0 Å². The summed E-state index contributed by atoms with van der Waals surface area (Å²) in [6.07, 6.45) is 11.1. The minimum absolute atomic E-state index is 0.929. The van der Waals surface area contributed by atoms with Gasteiger partial charge in [0, 0.05) is 11.8 Å². The van der Waals surface area contributed by atoms with Gasteiger partial charge in [-0.15, -0.1) is 0 Å². The zero-order valence-corrected chi connectivity index (χ0v) is 16.3. The van der Waals surface area contributed by atoms with E-state index in [0.717, 1.165) is 11.8 Å². The van der Waals surface area contributed by atoms with Gasteiger partial charge in [-0.2, -0.15) is 0 Å². The molecule has 0 saturated carbocycles. The lowest BCUT2D eigenvalue weighted by atomic mass is 9.95. The fraction of sp³-hybridized carbons (Fsp3) is 1.00. The lowest BCUT2D eigenvalue weighted by Gasteiger charge is -2.36. The van der Waals surface area contributed by atoms with Gasteiger partial charge in [0.25, 0.3) is 0 Å². The average Bonchev–Trinajstić information content (AvgIpc) is 2.47. The maximum atomic E-state index is 8.25. The molecule has 0 amide bonds. The standard InChI is InChI=1S/C18H40N.NO3/c1-7-11-13-17(9-3)15-19(5,6)16-18(10-4)14-12-8-2;2-1(3)4/h17-18H,7-16H2,1-6H3;/q+1;-1. The highest BCUT2D eigenvalue weighted by atomic mass is 16.9. The third-order valence-corrected chi connectivity index (χ3v) is 4.59. The normalized spacial score (nSPS) is 13.8. The van der Waals surface area contributed by atoms with E-state index >= 15 is 0 Å². The van der Waals surface area contributed by atoms with Crippen molar-refractivity contribution in [3.63, 3.8) is 0 Å². The number of hydrogen-bond donors (Lipinski definition) is 0. The van der Waals surface area contributed by atoms with Gasteiger partial charge >= 0.3 is 0 Å². The van der Waals surface area contributed by atoms with E-state index in [1.807, 2.05) is 0 Å². The topological polar surface area (TPSA) is 66.2 Å². The van der Waals surface area contributed by atoms with E-state index in [9.17, 15) is 0 Å². The molecule has 0 aliphatic heterocycles. The van der Waals surface area contributed by atoms with Crippen LogP contribution in [0.25, 0.3) is 0 Å². The Morgan fingerprint density at radius 2 is 1.13 bits per heavy atom. The maximum Gasteiger partial charge on any atom is 0.0811 e. The van der Waals surface area contributed by atoms with Gasteiger partial charge in [-0.1, -0.05) is 53.4 Å². The lowest BCUT2D eigenvalue weighted by Crippen LogP contribution is -2.46. The van der Waals surface area contributed by atoms with Crippen molar-refractivity contribution in [3.05, 3.63) is 15.3 Å². The molecule has 0 rings (SSSR count). The summed E-state index contributed by atoms with van der Waals surface area (Å²) in [5, 5.41) is 14.8. The Morgan fingerprint density at radius 3 is 1.35 bits per heavy atom. The van der Waals surface area contributed by atoms with Crippen molar-refractivity contribution >= 4 is 0 Å². The van der Waals surface area contributed by atoms with Crippen molar-refractivity contribution in [2.75, 3.05) is 27.2 Å². The minimum atomic E-state index is -1.75. The van der Waals surface area contributed by atoms with Crippen LogP contribution >= 0.6 is 0 Å². The number of unbranched alkanes of at least 4 members (excludes halogenated alkanes) is 2. The fourth-order valence-electron chi connectivity index (χ4n) is 3.31. The molecule has 0 aromatic rings. The van der Waals surface area contributed by atoms with Crippen LogP contribution in [0.2, 0.25) is 0 Å². The monoisotopic (exact) mass is 332 g/mol. The first-order chi connectivity index (χ1) is 10.7. The third-order valence-electron chi connectivity index (χ3n) is 4.59. The summed E-state index contributed by atoms with van der Waals surface area (Å²) in [6, 6.07) is 0. The molecule has 0 aliphatic rings. The zero-order valence-electron chi connectivity index (χ0n) is 16.3. The molecular formula is C18H40N2O3. The summed E-state index contributed by atoms with van der Waals surface area (Å²) in [5.41, 5.74) is 0. The molecule has 5 heteroatoms.